The molecule has 1 aromatic rings. The fourth-order valence-electron chi connectivity index (χ4n) is 2.20. The number of carbonyl (C=O) groups excluding carboxylic acids is 1. The van der Waals surface area contributed by atoms with Crippen molar-refractivity contribution in [1.29, 1.82) is 0 Å². The van der Waals surface area contributed by atoms with E-state index in [1.807, 2.05) is 23.1 Å². The Bertz CT molecular complexity index is 427. The van der Waals surface area contributed by atoms with E-state index in [1.54, 1.807) is 6.92 Å². The third-order valence-corrected chi connectivity index (χ3v) is 3.34. The Morgan fingerprint density at radius 2 is 2.05 bits per heavy atom. The zero-order valence-electron chi connectivity index (χ0n) is 11.7. The molecule has 1 aromatic heterocycles. The average Bonchev–Trinajstić information content (AvgIpc) is 2.45. The van der Waals surface area contributed by atoms with Crippen molar-refractivity contribution in [1.82, 2.24) is 9.88 Å². The lowest BCUT2D eigenvalue weighted by Gasteiger charge is -2.35. The summed E-state index contributed by atoms with van der Waals surface area (Å²) in [4.78, 5) is 20.0. The van der Waals surface area contributed by atoms with Gasteiger partial charge in [-0.1, -0.05) is 13.0 Å². The zero-order chi connectivity index (χ0) is 13.7. The molecule has 0 unspecified atom stereocenters. The Labute approximate surface area is 114 Å². The van der Waals surface area contributed by atoms with Crippen LogP contribution in [0.25, 0.3) is 0 Å². The minimum atomic E-state index is 0.158. The standard InChI is InChI=1S/C14H22N4O/c1-3-7-15-13-5-4-6-14(16-13)18-10-8-17(9-11-18)12(2)19/h4-6H,3,7-11H2,1-2H3,(H,15,16). The van der Waals surface area contributed by atoms with Gasteiger partial charge in [-0.25, -0.2) is 4.98 Å². The molecule has 19 heavy (non-hydrogen) atoms. The molecule has 1 fully saturated rings. The number of piperazine rings is 1. The molecule has 5 heteroatoms. The van der Waals surface area contributed by atoms with Gasteiger partial charge in [0.1, 0.15) is 11.6 Å². The topological polar surface area (TPSA) is 48.5 Å². The summed E-state index contributed by atoms with van der Waals surface area (Å²) in [7, 11) is 0. The summed E-state index contributed by atoms with van der Waals surface area (Å²) in [6.07, 6.45) is 1.09. The van der Waals surface area contributed by atoms with Gasteiger partial charge in [0.15, 0.2) is 0 Å². The van der Waals surface area contributed by atoms with Gasteiger partial charge in [0.2, 0.25) is 5.91 Å². The molecule has 0 bridgehead atoms. The molecule has 1 saturated heterocycles. The number of hydrogen-bond donors (Lipinski definition) is 1. The van der Waals surface area contributed by atoms with Gasteiger partial charge in [-0.15, -0.1) is 0 Å². The summed E-state index contributed by atoms with van der Waals surface area (Å²) in [5, 5.41) is 3.30. The number of carbonyl (C=O) groups is 1. The highest BCUT2D eigenvalue weighted by molar-refractivity contribution is 5.73. The van der Waals surface area contributed by atoms with Gasteiger partial charge in [-0.3, -0.25) is 4.79 Å². The first-order valence-electron chi connectivity index (χ1n) is 6.92. The number of rotatable bonds is 4. The summed E-state index contributed by atoms with van der Waals surface area (Å²) in [5.41, 5.74) is 0. The van der Waals surface area contributed by atoms with E-state index in [0.29, 0.717) is 0 Å². The van der Waals surface area contributed by atoms with E-state index in [2.05, 4.69) is 22.1 Å². The predicted molar refractivity (Wildman–Crippen MR) is 77.5 cm³/mol. The highest BCUT2D eigenvalue weighted by Crippen LogP contribution is 2.16. The van der Waals surface area contributed by atoms with Crippen molar-refractivity contribution in [3.63, 3.8) is 0 Å². The maximum absolute atomic E-state index is 11.3. The summed E-state index contributed by atoms with van der Waals surface area (Å²) < 4.78 is 0. The molecule has 2 heterocycles. The smallest absolute Gasteiger partial charge is 0.219 e. The van der Waals surface area contributed by atoms with E-state index in [4.69, 9.17) is 0 Å². The van der Waals surface area contributed by atoms with Crippen LogP contribution >= 0.6 is 0 Å². The average molecular weight is 262 g/mol. The van der Waals surface area contributed by atoms with Crippen molar-refractivity contribution in [2.75, 3.05) is 42.9 Å². The van der Waals surface area contributed by atoms with Crippen LogP contribution in [0.5, 0.6) is 0 Å². The van der Waals surface area contributed by atoms with Crippen LogP contribution in [0.3, 0.4) is 0 Å². The van der Waals surface area contributed by atoms with E-state index < -0.39 is 0 Å². The Morgan fingerprint density at radius 3 is 2.68 bits per heavy atom. The SMILES string of the molecule is CCCNc1cccc(N2CCN(C(C)=O)CC2)n1. The number of aromatic nitrogens is 1. The molecule has 0 spiro atoms. The molecule has 0 atom stereocenters. The van der Waals surface area contributed by atoms with Gasteiger partial charge < -0.3 is 15.1 Å². The van der Waals surface area contributed by atoms with Gasteiger partial charge in [0.25, 0.3) is 0 Å². The minimum absolute atomic E-state index is 0.158. The van der Waals surface area contributed by atoms with Crippen molar-refractivity contribution < 1.29 is 4.79 Å². The van der Waals surface area contributed by atoms with Crippen LogP contribution < -0.4 is 10.2 Å². The molecule has 1 aliphatic rings. The lowest BCUT2D eigenvalue weighted by Crippen LogP contribution is -2.48. The second-order valence-corrected chi connectivity index (χ2v) is 4.80. The van der Waals surface area contributed by atoms with E-state index in [-0.39, 0.29) is 5.91 Å². The molecule has 0 aliphatic carbocycles. The van der Waals surface area contributed by atoms with E-state index in [1.165, 1.54) is 0 Å². The summed E-state index contributed by atoms with van der Waals surface area (Å²) in [6, 6.07) is 6.04. The number of pyridine rings is 1. The normalized spacial score (nSPS) is 15.5. The first-order chi connectivity index (χ1) is 9.20. The van der Waals surface area contributed by atoms with Crippen molar-refractivity contribution in [2.45, 2.75) is 20.3 Å². The minimum Gasteiger partial charge on any atom is -0.370 e. The van der Waals surface area contributed by atoms with Crippen molar-refractivity contribution in [3.8, 4) is 0 Å². The summed E-state index contributed by atoms with van der Waals surface area (Å²) in [6.45, 7) is 7.97. The molecule has 104 valence electrons. The van der Waals surface area contributed by atoms with Gasteiger partial charge in [-0.2, -0.15) is 0 Å². The third kappa shape index (κ3) is 3.59. The fraction of sp³-hybridized carbons (Fsp3) is 0.571. The number of hydrogen-bond acceptors (Lipinski definition) is 4. The van der Waals surface area contributed by atoms with Crippen LogP contribution in [-0.4, -0.2) is 48.5 Å². The van der Waals surface area contributed by atoms with Gasteiger partial charge in [0.05, 0.1) is 0 Å². The van der Waals surface area contributed by atoms with Crippen molar-refractivity contribution in [3.05, 3.63) is 18.2 Å². The molecular formula is C14H22N4O. The molecule has 1 N–H and O–H groups in total. The van der Waals surface area contributed by atoms with Crippen molar-refractivity contribution >= 4 is 17.5 Å². The Balaban J connectivity index is 1.97. The number of amides is 1. The monoisotopic (exact) mass is 262 g/mol. The lowest BCUT2D eigenvalue weighted by molar-refractivity contribution is -0.129. The summed E-state index contributed by atoms with van der Waals surface area (Å²) >= 11 is 0. The van der Waals surface area contributed by atoms with Crippen LogP contribution in [0.1, 0.15) is 20.3 Å². The van der Waals surface area contributed by atoms with Crippen molar-refractivity contribution in [2.24, 2.45) is 0 Å². The van der Waals surface area contributed by atoms with Gasteiger partial charge in [0, 0.05) is 39.6 Å². The zero-order valence-corrected chi connectivity index (χ0v) is 11.7. The summed E-state index contributed by atoms with van der Waals surface area (Å²) in [5.74, 6) is 2.07. The number of nitrogens with zero attached hydrogens (tertiary/aromatic N) is 3. The van der Waals surface area contributed by atoms with E-state index in [9.17, 15) is 4.79 Å². The first-order valence-corrected chi connectivity index (χ1v) is 6.92. The molecule has 0 saturated carbocycles. The highest BCUT2D eigenvalue weighted by Gasteiger charge is 2.19. The maximum Gasteiger partial charge on any atom is 0.219 e. The molecule has 1 amide bonds. The van der Waals surface area contributed by atoms with Crippen LogP contribution in [-0.2, 0) is 4.79 Å². The lowest BCUT2D eigenvalue weighted by atomic mass is 10.3. The van der Waals surface area contributed by atoms with Crippen LogP contribution in [0.2, 0.25) is 0 Å². The van der Waals surface area contributed by atoms with Crippen LogP contribution in [0, 0.1) is 0 Å². The highest BCUT2D eigenvalue weighted by atomic mass is 16.2. The largest absolute Gasteiger partial charge is 0.370 e. The predicted octanol–water partition coefficient (Wildman–Crippen LogP) is 1.57. The molecular weight excluding hydrogens is 240 g/mol. The number of anilines is 2. The second kappa shape index (κ2) is 6.41. The Morgan fingerprint density at radius 1 is 1.32 bits per heavy atom. The van der Waals surface area contributed by atoms with Gasteiger partial charge in [-0.05, 0) is 18.6 Å². The molecule has 0 aromatic carbocycles. The van der Waals surface area contributed by atoms with Gasteiger partial charge >= 0.3 is 0 Å². The first kappa shape index (κ1) is 13.6. The Kier molecular flexibility index (Phi) is 4.60. The molecule has 1 aliphatic heterocycles. The maximum atomic E-state index is 11.3. The van der Waals surface area contributed by atoms with E-state index in [0.717, 1.165) is 50.8 Å². The van der Waals surface area contributed by atoms with E-state index >= 15 is 0 Å². The number of nitrogens with one attached hydrogen (secondary N) is 1. The fourth-order valence-corrected chi connectivity index (χ4v) is 2.20. The molecule has 5 nitrogen and oxygen atoms in total. The molecule has 2 rings (SSSR count). The Hall–Kier alpha value is -1.78. The van der Waals surface area contributed by atoms with Crippen LogP contribution in [0.15, 0.2) is 18.2 Å². The van der Waals surface area contributed by atoms with Crippen LogP contribution in [0.4, 0.5) is 11.6 Å². The quantitative estimate of drug-likeness (QED) is 0.895. The second-order valence-electron chi connectivity index (χ2n) is 4.80. The molecule has 0 radical (unpaired) electrons. The third-order valence-electron chi connectivity index (χ3n) is 3.34.